The van der Waals surface area contributed by atoms with E-state index in [9.17, 15) is 9.32 Å². The summed E-state index contributed by atoms with van der Waals surface area (Å²) in [6, 6.07) is 5.92. The molecule has 0 aromatic heterocycles. The van der Waals surface area contributed by atoms with Gasteiger partial charge in [0, 0.05) is 21.8 Å². The first kappa shape index (κ1) is 18.9. The molecule has 0 radical (unpaired) electrons. The van der Waals surface area contributed by atoms with Crippen molar-refractivity contribution in [2.75, 3.05) is 19.8 Å². The number of aryl methyl sites for hydroxylation is 1. The molecule has 0 bridgehead atoms. The minimum Gasteiger partial charge on any atom is -0.395 e. The smallest absolute Gasteiger partial charge is 0.301 e. The summed E-state index contributed by atoms with van der Waals surface area (Å²) in [5, 5.41) is 17.0. The van der Waals surface area contributed by atoms with Gasteiger partial charge in [-0.3, -0.25) is 8.74 Å². The molecule has 23 heavy (non-hydrogen) atoms. The summed E-state index contributed by atoms with van der Waals surface area (Å²) in [4.78, 5) is 5.38. The quantitative estimate of drug-likeness (QED) is 0.305. The summed E-state index contributed by atoms with van der Waals surface area (Å²) in [6.45, 7) is 0.720. The maximum Gasteiger partial charge on any atom is 0.301 e. The van der Waals surface area contributed by atoms with Crippen molar-refractivity contribution < 1.29 is 18.1 Å². The summed E-state index contributed by atoms with van der Waals surface area (Å²) in [5.74, 6) is 0. The Bertz CT molecular complexity index is 641. The van der Waals surface area contributed by atoms with Gasteiger partial charge in [-0.1, -0.05) is 40.1 Å². The third kappa shape index (κ3) is 4.93. The standard InChI is InChI=1S/C12H16N6O4S/c1-9-2-4-10(5-3-9)12(8-19,7-15-17-13)11(16-18-14)6-22-23(20)21/h2-5,11,19H,6-8H2,1H3,(H,20,21). The molecule has 2 N–H and O–H groups in total. The Labute approximate surface area is 134 Å². The second-order valence-electron chi connectivity index (χ2n) is 4.79. The van der Waals surface area contributed by atoms with Crippen LogP contribution < -0.4 is 0 Å². The van der Waals surface area contributed by atoms with Gasteiger partial charge < -0.3 is 5.11 Å². The molecule has 1 rings (SSSR count). The zero-order chi connectivity index (χ0) is 17.3. The molecular weight excluding hydrogens is 324 g/mol. The normalized spacial score (nSPS) is 15.6. The lowest BCUT2D eigenvalue weighted by atomic mass is 9.75. The monoisotopic (exact) mass is 340 g/mol. The number of azide groups is 2. The fourth-order valence-corrected chi connectivity index (χ4v) is 2.41. The van der Waals surface area contributed by atoms with Crippen LogP contribution in [0.4, 0.5) is 0 Å². The highest BCUT2D eigenvalue weighted by Crippen LogP contribution is 2.31. The Kier molecular flexibility index (Phi) is 7.49. The van der Waals surface area contributed by atoms with Crippen molar-refractivity contribution in [1.82, 2.24) is 0 Å². The highest BCUT2D eigenvalue weighted by molar-refractivity contribution is 7.74. The summed E-state index contributed by atoms with van der Waals surface area (Å²) >= 11 is -2.56. The van der Waals surface area contributed by atoms with Crippen molar-refractivity contribution in [3.05, 3.63) is 56.3 Å². The topological polar surface area (TPSA) is 164 Å². The summed E-state index contributed by atoms with van der Waals surface area (Å²) < 4.78 is 24.1. The number of aliphatic hydroxyl groups excluding tert-OH is 1. The molecular formula is C12H16N6O4S. The third-order valence-electron chi connectivity index (χ3n) is 3.48. The fraction of sp³-hybridized carbons (Fsp3) is 0.500. The van der Waals surface area contributed by atoms with Gasteiger partial charge in [0.05, 0.1) is 19.3 Å². The van der Waals surface area contributed by atoms with E-state index in [-0.39, 0.29) is 6.54 Å². The first-order valence-electron chi connectivity index (χ1n) is 6.47. The van der Waals surface area contributed by atoms with E-state index in [1.807, 2.05) is 6.92 Å². The molecule has 11 heteroatoms. The van der Waals surface area contributed by atoms with Gasteiger partial charge in [-0.05, 0) is 23.5 Å². The average molecular weight is 340 g/mol. The molecule has 10 nitrogen and oxygen atoms in total. The summed E-state index contributed by atoms with van der Waals surface area (Å²) in [5.41, 5.74) is 17.6. The van der Waals surface area contributed by atoms with Gasteiger partial charge in [0.15, 0.2) is 0 Å². The predicted molar refractivity (Wildman–Crippen MR) is 83.6 cm³/mol. The zero-order valence-corrected chi connectivity index (χ0v) is 13.1. The Balaban J connectivity index is 3.38. The van der Waals surface area contributed by atoms with E-state index in [2.05, 4.69) is 24.2 Å². The SMILES string of the molecule is Cc1ccc(C(CO)(CN=[N+]=[N-])C(COS(=O)O)N=[N+]=[N-])cc1. The van der Waals surface area contributed by atoms with E-state index in [0.29, 0.717) is 5.56 Å². The van der Waals surface area contributed by atoms with Crippen LogP contribution >= 0.6 is 0 Å². The first-order chi connectivity index (χ1) is 11.0. The number of hydrogen-bond acceptors (Lipinski definition) is 5. The largest absolute Gasteiger partial charge is 0.395 e. The van der Waals surface area contributed by atoms with Crippen LogP contribution in [0.1, 0.15) is 11.1 Å². The molecule has 0 aliphatic rings. The Morgan fingerprint density at radius 1 is 1.35 bits per heavy atom. The molecule has 124 valence electrons. The average Bonchev–Trinajstić information content (AvgIpc) is 2.54. The highest BCUT2D eigenvalue weighted by Gasteiger charge is 2.40. The predicted octanol–water partition coefficient (Wildman–Crippen LogP) is 2.37. The van der Waals surface area contributed by atoms with Crippen LogP contribution in [-0.4, -0.2) is 39.7 Å². The van der Waals surface area contributed by atoms with Crippen LogP contribution in [0.15, 0.2) is 34.5 Å². The molecule has 0 amide bonds. The van der Waals surface area contributed by atoms with E-state index in [4.69, 9.17) is 15.6 Å². The Morgan fingerprint density at radius 2 is 2.00 bits per heavy atom. The van der Waals surface area contributed by atoms with Crippen molar-refractivity contribution in [3.8, 4) is 0 Å². The molecule has 0 aliphatic heterocycles. The molecule has 0 saturated heterocycles. The van der Waals surface area contributed by atoms with Gasteiger partial charge in [0.25, 0.3) is 0 Å². The van der Waals surface area contributed by atoms with Crippen molar-refractivity contribution >= 4 is 11.4 Å². The first-order valence-corrected chi connectivity index (χ1v) is 7.50. The summed E-state index contributed by atoms with van der Waals surface area (Å²) in [6.07, 6.45) is 0. The molecule has 0 aliphatic carbocycles. The van der Waals surface area contributed by atoms with Gasteiger partial charge in [0.1, 0.15) is 0 Å². The van der Waals surface area contributed by atoms with Gasteiger partial charge >= 0.3 is 11.4 Å². The second kappa shape index (κ2) is 9.11. The fourth-order valence-electron chi connectivity index (χ4n) is 2.17. The Hall–Kier alpha value is -2.13. The van der Waals surface area contributed by atoms with Crippen LogP contribution in [0.3, 0.4) is 0 Å². The third-order valence-corrected chi connectivity index (χ3v) is 3.82. The Morgan fingerprint density at radius 3 is 2.48 bits per heavy atom. The maximum atomic E-state index is 10.7. The van der Waals surface area contributed by atoms with Gasteiger partial charge in [-0.2, -0.15) is 4.21 Å². The molecule has 3 atom stereocenters. The molecule has 1 aromatic rings. The van der Waals surface area contributed by atoms with E-state index in [0.717, 1.165) is 5.56 Å². The van der Waals surface area contributed by atoms with Gasteiger partial charge in [-0.15, -0.1) is 0 Å². The van der Waals surface area contributed by atoms with E-state index >= 15 is 0 Å². The second-order valence-corrected chi connectivity index (χ2v) is 5.46. The number of nitrogens with zero attached hydrogens (tertiary/aromatic N) is 6. The van der Waals surface area contributed by atoms with Crippen LogP contribution in [0.5, 0.6) is 0 Å². The molecule has 0 spiro atoms. The molecule has 0 heterocycles. The van der Waals surface area contributed by atoms with Gasteiger partial charge in [0.2, 0.25) is 0 Å². The number of hydrogen-bond donors (Lipinski definition) is 2. The lowest BCUT2D eigenvalue weighted by Gasteiger charge is -2.36. The van der Waals surface area contributed by atoms with E-state index in [1.165, 1.54) is 0 Å². The van der Waals surface area contributed by atoms with Crippen LogP contribution in [0.2, 0.25) is 0 Å². The maximum absolute atomic E-state index is 10.7. The van der Waals surface area contributed by atoms with Crippen molar-refractivity contribution in [2.24, 2.45) is 10.2 Å². The van der Waals surface area contributed by atoms with Crippen molar-refractivity contribution in [3.63, 3.8) is 0 Å². The van der Waals surface area contributed by atoms with Crippen LogP contribution in [-0.2, 0) is 21.0 Å². The van der Waals surface area contributed by atoms with E-state index < -0.39 is 36.0 Å². The van der Waals surface area contributed by atoms with Crippen LogP contribution in [0.25, 0.3) is 20.9 Å². The van der Waals surface area contributed by atoms with Crippen molar-refractivity contribution in [1.29, 1.82) is 0 Å². The minimum absolute atomic E-state index is 0.214. The lowest BCUT2D eigenvalue weighted by Crippen LogP contribution is -2.47. The number of benzene rings is 1. The summed E-state index contributed by atoms with van der Waals surface area (Å²) in [7, 11) is 0. The molecule has 0 saturated carbocycles. The lowest BCUT2D eigenvalue weighted by molar-refractivity contribution is 0.142. The highest BCUT2D eigenvalue weighted by atomic mass is 32.2. The number of aliphatic hydroxyl groups is 1. The van der Waals surface area contributed by atoms with E-state index in [1.54, 1.807) is 24.3 Å². The number of rotatable bonds is 9. The molecule has 0 fully saturated rings. The van der Waals surface area contributed by atoms with Gasteiger partial charge in [-0.25, -0.2) is 0 Å². The zero-order valence-electron chi connectivity index (χ0n) is 12.3. The minimum atomic E-state index is -2.56. The van der Waals surface area contributed by atoms with Crippen molar-refractivity contribution in [2.45, 2.75) is 18.4 Å². The van der Waals surface area contributed by atoms with Crippen LogP contribution in [0, 0.1) is 6.92 Å². The molecule has 3 unspecified atom stereocenters. The molecule has 1 aromatic carbocycles.